The number of carbonyl (C=O) groups excluding carboxylic acids is 2. The van der Waals surface area contributed by atoms with E-state index < -0.39 is 0 Å². The molecule has 25 heavy (non-hydrogen) atoms. The highest BCUT2D eigenvalue weighted by atomic mass is 16.6. The first-order valence-corrected chi connectivity index (χ1v) is 8.20. The van der Waals surface area contributed by atoms with Gasteiger partial charge in [-0.15, -0.1) is 10.2 Å². The minimum Gasteiger partial charge on any atom is -0.450 e. The second kappa shape index (κ2) is 7.33. The highest BCUT2D eigenvalue weighted by Crippen LogP contribution is 2.19. The van der Waals surface area contributed by atoms with Gasteiger partial charge < -0.3 is 19.0 Å². The SMILES string of the molecule is CCOC(=O)N1CCN(C(=O)c2nnc(-c3ccc(C)cc3)o2)CC1. The maximum atomic E-state index is 12.5. The van der Waals surface area contributed by atoms with Gasteiger partial charge in [0.25, 0.3) is 0 Å². The number of hydrogen-bond acceptors (Lipinski definition) is 6. The van der Waals surface area contributed by atoms with E-state index in [0.29, 0.717) is 38.7 Å². The monoisotopic (exact) mass is 344 g/mol. The molecule has 8 heteroatoms. The molecule has 0 aliphatic carbocycles. The van der Waals surface area contributed by atoms with Crippen LogP contribution < -0.4 is 0 Å². The van der Waals surface area contributed by atoms with Gasteiger partial charge in [0, 0.05) is 31.7 Å². The van der Waals surface area contributed by atoms with Gasteiger partial charge >= 0.3 is 17.9 Å². The molecule has 0 unspecified atom stereocenters. The zero-order valence-corrected chi connectivity index (χ0v) is 14.3. The molecule has 0 N–H and O–H groups in total. The Morgan fingerprint density at radius 3 is 2.36 bits per heavy atom. The Hall–Kier alpha value is -2.90. The highest BCUT2D eigenvalue weighted by molar-refractivity contribution is 5.90. The average Bonchev–Trinajstić information content (AvgIpc) is 3.12. The van der Waals surface area contributed by atoms with Gasteiger partial charge in [-0.25, -0.2) is 4.79 Å². The number of ether oxygens (including phenoxy) is 1. The zero-order chi connectivity index (χ0) is 17.8. The van der Waals surface area contributed by atoms with E-state index in [0.717, 1.165) is 11.1 Å². The van der Waals surface area contributed by atoms with E-state index in [2.05, 4.69) is 10.2 Å². The molecule has 8 nitrogen and oxygen atoms in total. The smallest absolute Gasteiger partial charge is 0.409 e. The molecule has 0 bridgehead atoms. The quantitative estimate of drug-likeness (QED) is 0.846. The van der Waals surface area contributed by atoms with Gasteiger partial charge in [0.2, 0.25) is 5.89 Å². The number of aromatic nitrogens is 2. The van der Waals surface area contributed by atoms with E-state index in [4.69, 9.17) is 9.15 Å². The second-order valence-electron chi connectivity index (χ2n) is 5.76. The molecule has 1 aliphatic rings. The van der Waals surface area contributed by atoms with Crippen LogP contribution >= 0.6 is 0 Å². The molecule has 2 amide bonds. The molecular formula is C17H20N4O4. The van der Waals surface area contributed by atoms with Crippen LogP contribution in [0.2, 0.25) is 0 Å². The van der Waals surface area contributed by atoms with Crippen LogP contribution in [0.3, 0.4) is 0 Å². The lowest BCUT2D eigenvalue weighted by Crippen LogP contribution is -2.50. The lowest BCUT2D eigenvalue weighted by Gasteiger charge is -2.33. The molecule has 0 saturated carbocycles. The van der Waals surface area contributed by atoms with Gasteiger partial charge in [0.05, 0.1) is 6.61 Å². The lowest BCUT2D eigenvalue weighted by molar-refractivity contribution is 0.0540. The Bertz CT molecular complexity index is 748. The fraction of sp³-hybridized carbons (Fsp3) is 0.412. The van der Waals surface area contributed by atoms with E-state index >= 15 is 0 Å². The molecule has 0 radical (unpaired) electrons. The maximum absolute atomic E-state index is 12.5. The Balaban J connectivity index is 1.63. The van der Waals surface area contributed by atoms with Crippen LogP contribution in [0.5, 0.6) is 0 Å². The minimum atomic E-state index is -0.353. The molecular weight excluding hydrogens is 324 g/mol. The van der Waals surface area contributed by atoms with Crippen LogP contribution in [0.1, 0.15) is 23.2 Å². The first kappa shape index (κ1) is 16.9. The van der Waals surface area contributed by atoms with Gasteiger partial charge in [-0.3, -0.25) is 4.79 Å². The molecule has 1 aromatic heterocycles. The number of aryl methyl sites for hydroxylation is 1. The number of nitrogens with zero attached hydrogens (tertiary/aromatic N) is 4. The van der Waals surface area contributed by atoms with Crippen molar-refractivity contribution in [2.45, 2.75) is 13.8 Å². The summed E-state index contributed by atoms with van der Waals surface area (Å²) in [6.45, 7) is 5.73. The van der Waals surface area contributed by atoms with Gasteiger partial charge in [-0.05, 0) is 26.0 Å². The third-order valence-electron chi connectivity index (χ3n) is 4.00. The average molecular weight is 344 g/mol. The molecule has 1 aromatic carbocycles. The van der Waals surface area contributed by atoms with Crippen molar-refractivity contribution in [2.24, 2.45) is 0 Å². The van der Waals surface area contributed by atoms with Gasteiger partial charge in [-0.2, -0.15) is 0 Å². The summed E-state index contributed by atoms with van der Waals surface area (Å²) in [6.07, 6.45) is -0.353. The van der Waals surface area contributed by atoms with Crippen LogP contribution in [0.25, 0.3) is 11.5 Å². The predicted octanol–water partition coefficient (Wildman–Crippen LogP) is 1.96. The van der Waals surface area contributed by atoms with Crippen LogP contribution in [0, 0.1) is 6.92 Å². The van der Waals surface area contributed by atoms with E-state index in [9.17, 15) is 9.59 Å². The molecule has 0 atom stereocenters. The van der Waals surface area contributed by atoms with Crippen molar-refractivity contribution in [2.75, 3.05) is 32.8 Å². The van der Waals surface area contributed by atoms with E-state index in [1.54, 1.807) is 16.7 Å². The number of amides is 2. The number of benzene rings is 1. The third-order valence-corrected chi connectivity index (χ3v) is 4.00. The first-order chi connectivity index (χ1) is 12.1. The molecule has 1 fully saturated rings. The molecule has 0 spiro atoms. The van der Waals surface area contributed by atoms with Crippen LogP contribution in [0.15, 0.2) is 28.7 Å². The highest BCUT2D eigenvalue weighted by Gasteiger charge is 2.28. The molecule has 2 heterocycles. The number of piperazine rings is 1. The molecule has 1 aliphatic heterocycles. The Labute approximate surface area is 145 Å². The lowest BCUT2D eigenvalue weighted by atomic mass is 10.1. The normalized spacial score (nSPS) is 14.5. The molecule has 132 valence electrons. The van der Waals surface area contributed by atoms with Crippen LogP contribution in [0.4, 0.5) is 4.79 Å². The fourth-order valence-corrected chi connectivity index (χ4v) is 2.56. The Kier molecular flexibility index (Phi) is 4.97. The largest absolute Gasteiger partial charge is 0.450 e. The van der Waals surface area contributed by atoms with Crippen molar-refractivity contribution in [3.8, 4) is 11.5 Å². The number of hydrogen-bond donors (Lipinski definition) is 0. The second-order valence-corrected chi connectivity index (χ2v) is 5.76. The van der Waals surface area contributed by atoms with E-state index in [1.807, 2.05) is 31.2 Å². The Morgan fingerprint density at radius 1 is 1.08 bits per heavy atom. The zero-order valence-electron chi connectivity index (χ0n) is 14.3. The summed E-state index contributed by atoms with van der Waals surface area (Å²) in [5, 5.41) is 7.81. The van der Waals surface area contributed by atoms with Crippen molar-refractivity contribution in [3.05, 3.63) is 35.7 Å². The van der Waals surface area contributed by atoms with Crippen molar-refractivity contribution in [1.29, 1.82) is 0 Å². The van der Waals surface area contributed by atoms with Crippen LogP contribution in [-0.4, -0.2) is 64.8 Å². The Morgan fingerprint density at radius 2 is 1.72 bits per heavy atom. The minimum absolute atomic E-state index is 0.0415. The van der Waals surface area contributed by atoms with Crippen molar-refractivity contribution < 1.29 is 18.7 Å². The topological polar surface area (TPSA) is 88.8 Å². The van der Waals surface area contributed by atoms with Crippen molar-refractivity contribution in [3.63, 3.8) is 0 Å². The first-order valence-electron chi connectivity index (χ1n) is 8.20. The summed E-state index contributed by atoms with van der Waals surface area (Å²) >= 11 is 0. The van der Waals surface area contributed by atoms with Gasteiger partial charge in [0.15, 0.2) is 0 Å². The molecule has 3 rings (SSSR count). The maximum Gasteiger partial charge on any atom is 0.409 e. The molecule has 1 saturated heterocycles. The third kappa shape index (κ3) is 3.78. The number of rotatable bonds is 3. The van der Waals surface area contributed by atoms with Crippen LogP contribution in [-0.2, 0) is 4.74 Å². The standard InChI is InChI=1S/C17H20N4O4/c1-3-24-17(23)21-10-8-20(9-11-21)16(22)15-19-18-14(25-15)13-6-4-12(2)5-7-13/h4-7H,3,8-11H2,1-2H3. The summed E-state index contributed by atoms with van der Waals surface area (Å²) in [5.41, 5.74) is 1.89. The number of carbonyl (C=O) groups is 2. The summed E-state index contributed by atoms with van der Waals surface area (Å²) in [7, 11) is 0. The summed E-state index contributed by atoms with van der Waals surface area (Å²) in [5.74, 6) is -0.0527. The summed E-state index contributed by atoms with van der Waals surface area (Å²) in [4.78, 5) is 27.4. The van der Waals surface area contributed by atoms with E-state index in [1.165, 1.54) is 0 Å². The molecule has 2 aromatic rings. The summed E-state index contributed by atoms with van der Waals surface area (Å²) < 4.78 is 10.5. The van der Waals surface area contributed by atoms with E-state index in [-0.39, 0.29) is 17.9 Å². The summed E-state index contributed by atoms with van der Waals surface area (Å²) in [6, 6.07) is 7.62. The van der Waals surface area contributed by atoms with Gasteiger partial charge in [-0.1, -0.05) is 17.7 Å². The van der Waals surface area contributed by atoms with Crippen molar-refractivity contribution >= 4 is 12.0 Å². The van der Waals surface area contributed by atoms with Gasteiger partial charge in [0.1, 0.15) is 0 Å². The fourth-order valence-electron chi connectivity index (χ4n) is 2.56. The predicted molar refractivity (Wildman–Crippen MR) is 89.0 cm³/mol. The van der Waals surface area contributed by atoms with Crippen molar-refractivity contribution in [1.82, 2.24) is 20.0 Å².